The third kappa shape index (κ3) is 6.92. The number of anilines is 2. The molecule has 11 nitrogen and oxygen atoms in total. The summed E-state index contributed by atoms with van der Waals surface area (Å²) in [6, 6.07) is 8.06. The van der Waals surface area contributed by atoms with E-state index in [1.54, 1.807) is 31.7 Å². The number of hydrogen-bond acceptors (Lipinski definition) is 10. The first kappa shape index (κ1) is 33.1. The number of carboxylic acid groups (broad SMARTS) is 1. The van der Waals surface area contributed by atoms with Crippen LogP contribution in [0.25, 0.3) is 22.5 Å². The summed E-state index contributed by atoms with van der Waals surface area (Å²) in [7, 11) is 0. The normalized spacial score (nSPS) is 16.7. The number of rotatable bonds is 8. The predicted molar refractivity (Wildman–Crippen MR) is 184 cm³/mol. The van der Waals surface area contributed by atoms with Crippen molar-refractivity contribution in [1.29, 1.82) is 0 Å². The number of pyridine rings is 1. The second-order valence-corrected chi connectivity index (χ2v) is 14.4. The minimum absolute atomic E-state index is 0.163. The van der Waals surface area contributed by atoms with E-state index in [4.69, 9.17) is 14.7 Å². The number of hydrogen-bond donors (Lipinski definition) is 1. The van der Waals surface area contributed by atoms with Gasteiger partial charge in [0.2, 0.25) is 5.95 Å². The van der Waals surface area contributed by atoms with Crippen molar-refractivity contribution in [3.8, 4) is 22.5 Å². The number of aliphatic carboxylic acids is 1. The van der Waals surface area contributed by atoms with Crippen LogP contribution in [0.1, 0.15) is 86.4 Å². The molecule has 0 radical (unpaired) electrons. The van der Waals surface area contributed by atoms with Gasteiger partial charge in [-0.2, -0.15) is 0 Å². The van der Waals surface area contributed by atoms with Gasteiger partial charge in [0.25, 0.3) is 0 Å². The van der Waals surface area contributed by atoms with E-state index < -0.39 is 17.7 Å². The van der Waals surface area contributed by atoms with Gasteiger partial charge in [0.15, 0.2) is 12.4 Å². The minimum atomic E-state index is -1.26. The summed E-state index contributed by atoms with van der Waals surface area (Å²) >= 11 is 0. The molecule has 0 amide bonds. The fraction of sp³-hybridized carbons (Fsp3) is 0.432. The molecule has 1 fully saturated rings. The third-order valence-corrected chi connectivity index (χ3v) is 9.19. The summed E-state index contributed by atoms with van der Waals surface area (Å²) in [4.78, 5) is 52.5. The standard InChI is InChI=1S/C37H43N7O4/c1-23-30(33(34(46)47)48-36(2,3)4)32(43-17-11-37(5,6)12-18-43)31(29(22-45)41-23)25-7-8-26-21-44(16-10-24(26)19-25)35-40-13-9-27(42-35)28-20-38-14-15-39-28/h7-9,13-15,19-20,22,33H,10-12,16-18,21H2,1-6H3,(H,46,47)/t33-/m0/s1. The topological polar surface area (TPSA) is 135 Å². The third-order valence-electron chi connectivity index (χ3n) is 9.19. The van der Waals surface area contributed by atoms with Crippen LogP contribution in [-0.4, -0.2) is 67.5 Å². The first-order valence-electron chi connectivity index (χ1n) is 16.5. The quantitative estimate of drug-likeness (QED) is 0.217. The van der Waals surface area contributed by atoms with Crippen molar-refractivity contribution in [2.24, 2.45) is 5.41 Å². The summed E-state index contributed by atoms with van der Waals surface area (Å²) in [5.41, 5.74) is 6.60. The van der Waals surface area contributed by atoms with E-state index in [0.29, 0.717) is 52.9 Å². The van der Waals surface area contributed by atoms with Crippen molar-refractivity contribution in [2.45, 2.75) is 79.1 Å². The van der Waals surface area contributed by atoms with Gasteiger partial charge in [-0.05, 0) is 75.1 Å². The van der Waals surface area contributed by atoms with Crippen LogP contribution in [0.4, 0.5) is 11.6 Å². The molecule has 0 bridgehead atoms. The Morgan fingerprint density at radius 1 is 0.979 bits per heavy atom. The maximum Gasteiger partial charge on any atom is 0.337 e. The minimum Gasteiger partial charge on any atom is -0.479 e. The van der Waals surface area contributed by atoms with E-state index in [1.807, 2.05) is 32.9 Å². The van der Waals surface area contributed by atoms with Crippen molar-refractivity contribution < 1.29 is 19.4 Å². The average Bonchev–Trinajstić information content (AvgIpc) is 3.06. The van der Waals surface area contributed by atoms with Crippen molar-refractivity contribution in [3.05, 3.63) is 77.1 Å². The van der Waals surface area contributed by atoms with Gasteiger partial charge < -0.3 is 19.6 Å². The SMILES string of the molecule is Cc1nc(C=O)c(-c2ccc3c(c2)CCN(c2nccc(-c4cnccn4)n2)C3)c(N2CCC(C)(C)CC2)c1[C@H](OC(C)(C)C)C(=O)O. The summed E-state index contributed by atoms with van der Waals surface area (Å²) < 4.78 is 6.20. The molecule has 2 aliphatic heterocycles. The number of aryl methyl sites for hydroxylation is 1. The summed E-state index contributed by atoms with van der Waals surface area (Å²) in [5.74, 6) is -0.466. The average molecular weight is 650 g/mol. The smallest absolute Gasteiger partial charge is 0.337 e. The molecule has 1 aromatic carbocycles. The van der Waals surface area contributed by atoms with E-state index in [-0.39, 0.29) is 5.41 Å². The Bertz CT molecular complexity index is 1830. The Labute approximate surface area is 281 Å². The Morgan fingerprint density at radius 2 is 1.75 bits per heavy atom. The number of piperidine rings is 1. The van der Waals surface area contributed by atoms with Gasteiger partial charge >= 0.3 is 5.97 Å². The zero-order chi connectivity index (χ0) is 34.2. The highest BCUT2D eigenvalue weighted by Crippen LogP contribution is 2.45. The zero-order valence-corrected chi connectivity index (χ0v) is 28.5. The number of nitrogens with zero attached hydrogens (tertiary/aromatic N) is 7. The molecule has 48 heavy (non-hydrogen) atoms. The summed E-state index contributed by atoms with van der Waals surface area (Å²) in [5, 5.41) is 10.5. The maximum absolute atomic E-state index is 12.8. The monoisotopic (exact) mass is 649 g/mol. The number of ether oxygens (including phenoxy) is 1. The number of carbonyl (C=O) groups excluding carboxylic acids is 1. The lowest BCUT2D eigenvalue weighted by atomic mass is 9.81. The van der Waals surface area contributed by atoms with Crippen LogP contribution in [0, 0.1) is 12.3 Å². The molecule has 1 saturated heterocycles. The molecule has 6 rings (SSSR count). The van der Waals surface area contributed by atoms with Crippen LogP contribution >= 0.6 is 0 Å². The Balaban J connectivity index is 1.42. The maximum atomic E-state index is 12.8. The molecule has 250 valence electrons. The highest BCUT2D eigenvalue weighted by atomic mass is 16.5. The first-order valence-corrected chi connectivity index (χ1v) is 16.5. The molecular weight excluding hydrogens is 606 g/mol. The molecule has 0 unspecified atom stereocenters. The fourth-order valence-electron chi connectivity index (χ4n) is 6.61. The van der Waals surface area contributed by atoms with Gasteiger partial charge in [-0.1, -0.05) is 32.0 Å². The predicted octanol–water partition coefficient (Wildman–Crippen LogP) is 6.25. The molecule has 1 atom stereocenters. The van der Waals surface area contributed by atoms with Gasteiger partial charge in [0, 0.05) is 61.6 Å². The lowest BCUT2D eigenvalue weighted by Gasteiger charge is -2.41. The number of aldehydes is 1. The van der Waals surface area contributed by atoms with E-state index in [0.717, 1.165) is 61.0 Å². The van der Waals surface area contributed by atoms with E-state index in [2.05, 4.69) is 50.7 Å². The Morgan fingerprint density at radius 3 is 2.42 bits per heavy atom. The lowest BCUT2D eigenvalue weighted by Crippen LogP contribution is -2.39. The molecule has 1 N–H and O–H groups in total. The highest BCUT2D eigenvalue weighted by molar-refractivity contribution is 5.96. The van der Waals surface area contributed by atoms with Crippen LogP contribution in [0.15, 0.2) is 49.1 Å². The number of benzene rings is 1. The second-order valence-electron chi connectivity index (χ2n) is 14.4. The van der Waals surface area contributed by atoms with Gasteiger partial charge in [0.05, 0.1) is 23.2 Å². The van der Waals surface area contributed by atoms with E-state index in [9.17, 15) is 14.7 Å². The number of carboxylic acids is 1. The first-order chi connectivity index (χ1) is 22.8. The van der Waals surface area contributed by atoms with Crippen molar-refractivity contribution in [1.82, 2.24) is 24.9 Å². The van der Waals surface area contributed by atoms with Crippen molar-refractivity contribution >= 4 is 23.9 Å². The van der Waals surface area contributed by atoms with Gasteiger partial charge in [-0.15, -0.1) is 0 Å². The van der Waals surface area contributed by atoms with Crippen molar-refractivity contribution in [2.75, 3.05) is 29.4 Å². The molecule has 3 aromatic heterocycles. The molecule has 2 aliphatic rings. The van der Waals surface area contributed by atoms with Crippen LogP contribution in [0.3, 0.4) is 0 Å². The van der Waals surface area contributed by atoms with Crippen LogP contribution < -0.4 is 9.80 Å². The van der Waals surface area contributed by atoms with Gasteiger partial charge in [0.1, 0.15) is 11.4 Å². The Hall–Kier alpha value is -4.77. The largest absolute Gasteiger partial charge is 0.479 e. The van der Waals surface area contributed by atoms with Gasteiger partial charge in [-0.25, -0.2) is 19.7 Å². The van der Waals surface area contributed by atoms with Crippen LogP contribution in [0.2, 0.25) is 0 Å². The van der Waals surface area contributed by atoms with E-state index >= 15 is 0 Å². The lowest BCUT2D eigenvalue weighted by molar-refractivity contribution is -0.160. The summed E-state index contributed by atoms with van der Waals surface area (Å²) in [6.45, 7) is 14.6. The number of carbonyl (C=O) groups is 2. The second kappa shape index (κ2) is 13.0. The Kier molecular flexibility index (Phi) is 9.00. The number of fused-ring (bicyclic) bond motifs is 1. The fourth-order valence-corrected chi connectivity index (χ4v) is 6.61. The highest BCUT2D eigenvalue weighted by Gasteiger charge is 2.37. The zero-order valence-electron chi connectivity index (χ0n) is 28.5. The molecule has 0 saturated carbocycles. The molecule has 0 aliphatic carbocycles. The molecular formula is C37H43N7O4. The van der Waals surface area contributed by atoms with Crippen molar-refractivity contribution in [3.63, 3.8) is 0 Å². The molecule has 5 heterocycles. The van der Waals surface area contributed by atoms with Crippen LogP contribution in [0.5, 0.6) is 0 Å². The molecule has 11 heteroatoms. The molecule has 4 aromatic rings. The van der Waals surface area contributed by atoms with E-state index in [1.165, 1.54) is 0 Å². The number of aromatic nitrogens is 5. The summed E-state index contributed by atoms with van der Waals surface area (Å²) in [6.07, 6.45) is 8.83. The van der Waals surface area contributed by atoms with Crippen LogP contribution in [-0.2, 0) is 22.5 Å². The molecule has 0 spiro atoms. The van der Waals surface area contributed by atoms with Gasteiger partial charge in [-0.3, -0.25) is 14.8 Å².